The molecule has 2 heterocycles. The van der Waals surface area contributed by atoms with Crippen LogP contribution < -0.4 is 5.73 Å². The van der Waals surface area contributed by atoms with Gasteiger partial charge in [0.15, 0.2) is 0 Å². The van der Waals surface area contributed by atoms with Crippen molar-refractivity contribution in [1.82, 2.24) is 14.8 Å². The summed E-state index contributed by atoms with van der Waals surface area (Å²) in [7, 11) is 0. The maximum Gasteiger partial charge on any atom is 0.133 e. The van der Waals surface area contributed by atoms with Crippen LogP contribution in [-0.2, 0) is 0 Å². The zero-order valence-electron chi connectivity index (χ0n) is 7.70. The van der Waals surface area contributed by atoms with E-state index >= 15 is 0 Å². The number of hydrogen-bond acceptors (Lipinski definition) is 2. The molecule has 4 heteroatoms. The monoisotopic (exact) mass is 176 g/mol. The number of H-pyrrole nitrogens is 1. The van der Waals surface area contributed by atoms with Gasteiger partial charge in [-0.25, -0.2) is 4.68 Å². The van der Waals surface area contributed by atoms with Crippen molar-refractivity contribution < 1.29 is 0 Å². The van der Waals surface area contributed by atoms with Gasteiger partial charge in [0.05, 0.1) is 11.4 Å². The second-order valence-electron chi connectivity index (χ2n) is 3.16. The van der Waals surface area contributed by atoms with Crippen molar-refractivity contribution in [2.24, 2.45) is 0 Å². The zero-order valence-corrected chi connectivity index (χ0v) is 7.70. The molecule has 0 atom stereocenters. The Morgan fingerprint density at radius 3 is 2.62 bits per heavy atom. The zero-order chi connectivity index (χ0) is 9.42. The molecule has 0 radical (unpaired) electrons. The Kier molecular flexibility index (Phi) is 1.62. The third kappa shape index (κ3) is 1.30. The van der Waals surface area contributed by atoms with E-state index in [1.807, 2.05) is 30.7 Å². The summed E-state index contributed by atoms with van der Waals surface area (Å²) < 4.78 is 1.84. The van der Waals surface area contributed by atoms with Crippen molar-refractivity contribution in [3.63, 3.8) is 0 Å². The predicted octanol–water partition coefficient (Wildman–Crippen LogP) is 1.40. The van der Waals surface area contributed by atoms with Crippen LogP contribution in [0.1, 0.15) is 11.4 Å². The number of aromatic nitrogens is 3. The van der Waals surface area contributed by atoms with Crippen molar-refractivity contribution in [3.8, 4) is 5.82 Å². The van der Waals surface area contributed by atoms with Crippen molar-refractivity contribution in [3.05, 3.63) is 29.7 Å². The maximum absolute atomic E-state index is 5.60. The Labute approximate surface area is 76.4 Å². The first kappa shape index (κ1) is 7.91. The Balaban J connectivity index is 2.51. The number of rotatable bonds is 1. The number of anilines is 1. The first-order valence-corrected chi connectivity index (χ1v) is 4.14. The summed E-state index contributed by atoms with van der Waals surface area (Å²) in [4.78, 5) is 3.05. The number of nitrogens with zero attached hydrogens (tertiary/aromatic N) is 2. The summed E-state index contributed by atoms with van der Waals surface area (Å²) >= 11 is 0. The molecule has 0 aromatic carbocycles. The Morgan fingerprint density at radius 2 is 2.15 bits per heavy atom. The van der Waals surface area contributed by atoms with E-state index in [0.29, 0.717) is 0 Å². The summed E-state index contributed by atoms with van der Waals surface area (Å²) in [6.07, 6.45) is 1.76. The molecule has 0 saturated heterocycles. The molecule has 2 aromatic rings. The number of nitrogen functional groups attached to an aromatic ring is 1. The minimum atomic E-state index is 0.725. The number of nitrogens with one attached hydrogen (secondary N) is 1. The summed E-state index contributed by atoms with van der Waals surface area (Å²) in [6.45, 7) is 3.98. The maximum atomic E-state index is 5.60. The number of aromatic amines is 1. The highest BCUT2D eigenvalue weighted by atomic mass is 15.3. The molecule has 0 amide bonds. The van der Waals surface area contributed by atoms with Crippen LogP contribution in [0.3, 0.4) is 0 Å². The minimum Gasteiger partial charge on any atom is -0.397 e. The van der Waals surface area contributed by atoms with Crippen LogP contribution in [0.5, 0.6) is 0 Å². The number of aryl methyl sites for hydroxylation is 2. The van der Waals surface area contributed by atoms with Gasteiger partial charge in [0.25, 0.3) is 0 Å². The van der Waals surface area contributed by atoms with Gasteiger partial charge in [0.1, 0.15) is 5.82 Å². The molecule has 68 valence electrons. The van der Waals surface area contributed by atoms with Crippen molar-refractivity contribution in [2.45, 2.75) is 13.8 Å². The Bertz CT molecular complexity index is 425. The van der Waals surface area contributed by atoms with E-state index in [-0.39, 0.29) is 0 Å². The lowest BCUT2D eigenvalue weighted by atomic mass is 10.4. The third-order valence-corrected chi connectivity index (χ3v) is 1.93. The van der Waals surface area contributed by atoms with E-state index < -0.39 is 0 Å². The van der Waals surface area contributed by atoms with Crippen molar-refractivity contribution >= 4 is 5.69 Å². The summed E-state index contributed by atoms with van der Waals surface area (Å²) in [5.74, 6) is 0.906. The smallest absolute Gasteiger partial charge is 0.133 e. The van der Waals surface area contributed by atoms with Crippen molar-refractivity contribution in [2.75, 3.05) is 5.73 Å². The fourth-order valence-electron chi connectivity index (χ4n) is 1.39. The quantitative estimate of drug-likeness (QED) is 0.690. The lowest BCUT2D eigenvalue weighted by molar-refractivity contribution is 0.812. The fraction of sp³-hybridized carbons (Fsp3) is 0.222. The van der Waals surface area contributed by atoms with Gasteiger partial charge in [-0.05, 0) is 19.9 Å². The first-order valence-electron chi connectivity index (χ1n) is 4.14. The molecule has 0 aliphatic rings. The molecule has 13 heavy (non-hydrogen) atoms. The molecule has 2 aromatic heterocycles. The highest BCUT2D eigenvalue weighted by Crippen LogP contribution is 2.12. The van der Waals surface area contributed by atoms with E-state index in [0.717, 1.165) is 22.9 Å². The highest BCUT2D eigenvalue weighted by Gasteiger charge is 2.04. The van der Waals surface area contributed by atoms with E-state index in [1.54, 1.807) is 6.20 Å². The molecule has 0 bridgehead atoms. The lowest BCUT2D eigenvalue weighted by Gasteiger charge is -1.98. The summed E-state index contributed by atoms with van der Waals surface area (Å²) in [5.41, 5.74) is 8.43. The average molecular weight is 176 g/mol. The Morgan fingerprint density at radius 1 is 1.38 bits per heavy atom. The van der Waals surface area contributed by atoms with Crippen LogP contribution in [0.15, 0.2) is 18.3 Å². The van der Waals surface area contributed by atoms with E-state index in [9.17, 15) is 0 Å². The second kappa shape index (κ2) is 2.65. The van der Waals surface area contributed by atoms with Gasteiger partial charge in [0.2, 0.25) is 0 Å². The number of hydrogen-bond donors (Lipinski definition) is 2. The largest absolute Gasteiger partial charge is 0.397 e. The minimum absolute atomic E-state index is 0.725. The first-order chi connectivity index (χ1) is 6.16. The van der Waals surface area contributed by atoms with Crippen LogP contribution in [0, 0.1) is 13.8 Å². The van der Waals surface area contributed by atoms with Gasteiger partial charge >= 0.3 is 0 Å². The molecule has 0 fully saturated rings. The summed E-state index contributed by atoms with van der Waals surface area (Å²) in [5, 5.41) is 4.32. The van der Waals surface area contributed by atoms with Gasteiger partial charge in [-0.1, -0.05) is 0 Å². The predicted molar refractivity (Wildman–Crippen MR) is 51.8 cm³/mol. The average Bonchev–Trinajstić information content (AvgIpc) is 2.58. The van der Waals surface area contributed by atoms with Gasteiger partial charge in [-0.3, -0.25) is 0 Å². The molecule has 3 N–H and O–H groups in total. The fourth-order valence-corrected chi connectivity index (χ4v) is 1.39. The molecule has 0 aliphatic heterocycles. The van der Waals surface area contributed by atoms with Gasteiger partial charge in [-0.15, -0.1) is 0 Å². The van der Waals surface area contributed by atoms with Crippen LogP contribution >= 0.6 is 0 Å². The molecular formula is C9H12N4. The van der Waals surface area contributed by atoms with Crippen molar-refractivity contribution in [1.29, 1.82) is 0 Å². The van der Waals surface area contributed by atoms with Crippen LogP contribution in [0.4, 0.5) is 5.69 Å². The van der Waals surface area contributed by atoms with E-state index in [2.05, 4.69) is 10.1 Å². The lowest BCUT2D eigenvalue weighted by Crippen LogP contribution is -1.98. The standard InChI is InChI=1S/C9H12N4/c1-6-3-7(2)13(12-6)9-4-8(10)5-11-9/h3-5,11H,10H2,1-2H3. The van der Waals surface area contributed by atoms with Crippen LogP contribution in [0.2, 0.25) is 0 Å². The molecule has 0 spiro atoms. The van der Waals surface area contributed by atoms with Gasteiger partial charge in [0, 0.05) is 18.0 Å². The molecule has 0 aliphatic carbocycles. The second-order valence-corrected chi connectivity index (χ2v) is 3.16. The number of nitrogens with two attached hydrogens (primary N) is 1. The van der Waals surface area contributed by atoms with Gasteiger partial charge < -0.3 is 10.7 Å². The molecule has 2 rings (SSSR count). The highest BCUT2D eigenvalue weighted by molar-refractivity contribution is 5.44. The van der Waals surface area contributed by atoms with E-state index in [1.165, 1.54) is 0 Å². The Hall–Kier alpha value is -1.71. The topological polar surface area (TPSA) is 59.6 Å². The molecule has 0 unspecified atom stereocenters. The van der Waals surface area contributed by atoms with E-state index in [4.69, 9.17) is 5.73 Å². The molecule has 4 nitrogen and oxygen atoms in total. The summed E-state index contributed by atoms with van der Waals surface area (Å²) in [6, 6.07) is 3.89. The molecular weight excluding hydrogens is 164 g/mol. The normalized spacial score (nSPS) is 10.6. The SMILES string of the molecule is Cc1cc(C)n(-c2cc(N)c[nH]2)n1. The van der Waals surface area contributed by atoms with Crippen LogP contribution in [-0.4, -0.2) is 14.8 Å². The molecule has 0 saturated carbocycles. The third-order valence-electron chi connectivity index (χ3n) is 1.93. The van der Waals surface area contributed by atoms with Gasteiger partial charge in [-0.2, -0.15) is 5.10 Å². The van der Waals surface area contributed by atoms with Crippen LogP contribution in [0.25, 0.3) is 5.82 Å².